The fourth-order valence-corrected chi connectivity index (χ4v) is 7.07. The van der Waals surface area contributed by atoms with Gasteiger partial charge in [-0.05, 0) is 50.4 Å². The van der Waals surface area contributed by atoms with Gasteiger partial charge in [0.05, 0.1) is 45.2 Å². The number of rotatable bonds is 15. The van der Waals surface area contributed by atoms with Gasteiger partial charge in [0.2, 0.25) is 0 Å². The maximum Gasteiger partial charge on any atom is 0.311 e. The number of alkyl halides is 1. The van der Waals surface area contributed by atoms with Crippen molar-refractivity contribution in [2.75, 3.05) is 6.61 Å². The van der Waals surface area contributed by atoms with E-state index in [9.17, 15) is 9.59 Å². The van der Waals surface area contributed by atoms with Crippen molar-refractivity contribution >= 4 is 44.3 Å². The Bertz CT molecular complexity index is 2420. The summed E-state index contributed by atoms with van der Waals surface area (Å²) >= 11 is 0. The minimum Gasteiger partial charge on any atom is -0.471 e. The maximum atomic E-state index is 16.4. The van der Waals surface area contributed by atoms with E-state index in [0.29, 0.717) is 5.75 Å². The first-order chi connectivity index (χ1) is 28.0. The van der Waals surface area contributed by atoms with Crippen LogP contribution in [-0.2, 0) is 53.1 Å². The van der Waals surface area contributed by atoms with E-state index in [-0.39, 0.29) is 39.3 Å². The molecule has 7 aromatic rings. The van der Waals surface area contributed by atoms with Crippen molar-refractivity contribution in [3.05, 3.63) is 163 Å². The average Bonchev–Trinajstić information content (AvgIpc) is 3.74. The zero-order valence-corrected chi connectivity index (χ0v) is 31.0. The van der Waals surface area contributed by atoms with Crippen molar-refractivity contribution < 1.29 is 46.8 Å². The predicted molar refractivity (Wildman–Crippen MR) is 212 cm³/mol. The van der Waals surface area contributed by atoms with Crippen molar-refractivity contribution in [2.24, 2.45) is 0 Å². The van der Waals surface area contributed by atoms with E-state index in [2.05, 4.69) is 6.07 Å². The average molecular weight is 769 g/mol. The molecule has 1 unspecified atom stereocenters. The third-order valence-electron chi connectivity index (χ3n) is 10.0. The van der Waals surface area contributed by atoms with Crippen molar-refractivity contribution in [3.63, 3.8) is 0 Å². The maximum absolute atomic E-state index is 16.4. The molecule has 57 heavy (non-hydrogen) atoms. The number of hydrogen-bond acceptors (Lipinski definition) is 9. The molecule has 0 spiro atoms. The predicted octanol–water partition coefficient (Wildman–Crippen LogP) is 9.42. The molecule has 6 aromatic carbocycles. The van der Waals surface area contributed by atoms with Gasteiger partial charge >= 0.3 is 11.9 Å². The number of carbonyl (C=O) groups is 2. The lowest BCUT2D eigenvalue weighted by Gasteiger charge is -2.43. The molecule has 1 saturated heterocycles. The molecule has 0 aliphatic carbocycles. The van der Waals surface area contributed by atoms with Crippen molar-refractivity contribution in [3.8, 4) is 5.75 Å². The molecule has 9 nitrogen and oxygen atoms in total. The molecule has 0 radical (unpaired) electrons. The number of furan rings is 1. The monoisotopic (exact) mass is 768 g/mol. The summed E-state index contributed by atoms with van der Waals surface area (Å²) in [5.41, 5.74) is 2.55. The summed E-state index contributed by atoms with van der Waals surface area (Å²) in [5, 5.41) is 5.94. The second kappa shape index (κ2) is 17.9. The minimum absolute atomic E-state index is 0.0865. The van der Waals surface area contributed by atoms with Gasteiger partial charge in [0.1, 0.15) is 30.7 Å². The number of carbonyl (C=O) groups excluding carboxylic acids is 2. The minimum atomic E-state index is -1.74. The molecule has 0 bridgehead atoms. The SMILES string of the molecule is O=C(CCC(=O)Oc1ccc2ccc3c4cocc4ccc3c2c1)OC[C@H]1OC(OCc2ccccc2)[C@H](F)[C@@H](OCc2ccccc2)[C@@H]1OCc1ccccc1. The van der Waals surface area contributed by atoms with Gasteiger partial charge in [-0.2, -0.15) is 0 Å². The standard InChI is InChI=1S/C47H41FO9/c48-44-46(54-26-32-12-6-2-7-13-32)45(53-25-31-10-4-1-5-11-31)41(57-47(44)55-27-33-14-8-3-9-15-33)30-52-42(49)22-23-43(50)56-36-19-16-34-17-20-38-37(39(34)24-36)21-18-35-28-51-29-40(35)38/h1-21,24,28-29,41,44-47H,22-23,25-27,30H2/t41-,44-,45-,46-,47?/m1/s1. The van der Waals surface area contributed by atoms with E-state index < -0.39 is 42.7 Å². The summed E-state index contributed by atoms with van der Waals surface area (Å²) in [5.74, 6) is -0.888. The lowest BCUT2D eigenvalue weighted by Crippen LogP contribution is -2.59. The number of ether oxygens (including phenoxy) is 6. The molecule has 1 aliphatic rings. The Kier molecular flexibility index (Phi) is 11.9. The number of hydrogen-bond donors (Lipinski definition) is 0. The van der Waals surface area contributed by atoms with Gasteiger partial charge in [0, 0.05) is 10.8 Å². The van der Waals surface area contributed by atoms with Crippen LogP contribution in [0, 0.1) is 0 Å². The number of fused-ring (bicyclic) bond motifs is 5. The van der Waals surface area contributed by atoms with E-state index in [1.807, 2.05) is 121 Å². The third kappa shape index (κ3) is 9.22. The Balaban J connectivity index is 0.938. The highest BCUT2D eigenvalue weighted by atomic mass is 19.1. The van der Waals surface area contributed by atoms with Crippen LogP contribution < -0.4 is 4.74 Å². The van der Waals surface area contributed by atoms with Crippen LogP contribution in [0.1, 0.15) is 29.5 Å². The molecule has 5 atom stereocenters. The van der Waals surface area contributed by atoms with Gasteiger partial charge in [-0.25, -0.2) is 4.39 Å². The van der Waals surface area contributed by atoms with E-state index in [4.69, 9.17) is 32.8 Å². The largest absolute Gasteiger partial charge is 0.471 e. The second-order valence-corrected chi connectivity index (χ2v) is 13.9. The van der Waals surface area contributed by atoms with Gasteiger partial charge in [0.25, 0.3) is 0 Å². The molecular weight excluding hydrogens is 728 g/mol. The highest BCUT2D eigenvalue weighted by Gasteiger charge is 2.49. The fraction of sp³-hybridized carbons (Fsp3) is 0.234. The normalized spacial score (nSPS) is 19.5. The van der Waals surface area contributed by atoms with Crippen molar-refractivity contribution in [1.82, 2.24) is 0 Å². The van der Waals surface area contributed by atoms with Crippen LogP contribution in [0.15, 0.2) is 150 Å². The first-order valence-electron chi connectivity index (χ1n) is 18.9. The van der Waals surface area contributed by atoms with Crippen molar-refractivity contribution in [2.45, 2.75) is 63.4 Å². The Morgan fingerprint density at radius 3 is 1.79 bits per heavy atom. The van der Waals surface area contributed by atoms with Gasteiger partial charge in [0.15, 0.2) is 12.5 Å². The Hall–Kier alpha value is -5.91. The molecule has 1 fully saturated rings. The molecule has 10 heteroatoms. The Morgan fingerprint density at radius 1 is 0.561 bits per heavy atom. The molecule has 2 heterocycles. The zero-order chi connectivity index (χ0) is 39.0. The van der Waals surface area contributed by atoms with Gasteiger partial charge in [-0.15, -0.1) is 0 Å². The highest BCUT2D eigenvalue weighted by Crippen LogP contribution is 2.34. The third-order valence-corrected chi connectivity index (χ3v) is 10.0. The summed E-state index contributed by atoms with van der Waals surface area (Å²) in [6.45, 7) is 0.0387. The Morgan fingerprint density at radius 2 is 1.12 bits per heavy atom. The molecule has 0 N–H and O–H groups in total. The summed E-state index contributed by atoms with van der Waals surface area (Å²) in [7, 11) is 0. The lowest BCUT2D eigenvalue weighted by atomic mass is 9.99. The zero-order valence-electron chi connectivity index (χ0n) is 31.0. The van der Waals surface area contributed by atoms with Gasteiger partial charge < -0.3 is 32.8 Å². The van der Waals surface area contributed by atoms with Crippen LogP contribution in [-0.4, -0.2) is 49.3 Å². The Labute approximate surface area is 328 Å². The topological polar surface area (TPSA) is 103 Å². The lowest BCUT2D eigenvalue weighted by molar-refractivity contribution is -0.307. The molecule has 1 aliphatic heterocycles. The van der Waals surface area contributed by atoms with Gasteiger partial charge in [-0.3, -0.25) is 9.59 Å². The first kappa shape index (κ1) is 38.0. The molecule has 0 saturated carbocycles. The van der Waals surface area contributed by atoms with E-state index in [0.717, 1.165) is 49.0 Å². The van der Waals surface area contributed by atoms with Crippen LogP contribution in [0.3, 0.4) is 0 Å². The fourth-order valence-electron chi connectivity index (χ4n) is 7.07. The molecule has 8 rings (SSSR count). The summed E-state index contributed by atoms with van der Waals surface area (Å²) < 4.78 is 57.9. The van der Waals surface area contributed by atoms with Crippen LogP contribution in [0.4, 0.5) is 4.39 Å². The molecule has 1 aromatic heterocycles. The van der Waals surface area contributed by atoms with Crippen LogP contribution in [0.2, 0.25) is 0 Å². The van der Waals surface area contributed by atoms with Gasteiger partial charge in [-0.1, -0.05) is 121 Å². The number of esters is 2. The first-order valence-corrected chi connectivity index (χ1v) is 18.9. The summed E-state index contributed by atoms with van der Waals surface area (Å²) in [4.78, 5) is 26.1. The van der Waals surface area contributed by atoms with Crippen LogP contribution >= 0.6 is 0 Å². The van der Waals surface area contributed by atoms with Crippen molar-refractivity contribution in [1.29, 1.82) is 0 Å². The summed E-state index contributed by atoms with van der Waals surface area (Å²) in [6, 6.07) is 41.8. The highest BCUT2D eigenvalue weighted by molar-refractivity contribution is 6.17. The smallest absolute Gasteiger partial charge is 0.311 e. The van der Waals surface area contributed by atoms with E-state index in [1.165, 1.54) is 0 Å². The van der Waals surface area contributed by atoms with Crippen LogP contribution in [0.25, 0.3) is 32.3 Å². The van der Waals surface area contributed by atoms with E-state index in [1.54, 1.807) is 18.6 Å². The number of halogens is 1. The molecule has 290 valence electrons. The quantitative estimate of drug-likeness (QED) is 0.0574. The summed E-state index contributed by atoms with van der Waals surface area (Å²) in [6.07, 6.45) is -3.20. The second-order valence-electron chi connectivity index (χ2n) is 13.9. The van der Waals surface area contributed by atoms with Crippen LogP contribution in [0.5, 0.6) is 5.75 Å². The molecular formula is C47H41FO9. The molecule has 0 amide bonds. The van der Waals surface area contributed by atoms with E-state index >= 15 is 4.39 Å². The number of benzene rings is 6.